The van der Waals surface area contributed by atoms with E-state index in [2.05, 4.69) is 17.1 Å². The highest BCUT2D eigenvalue weighted by Crippen LogP contribution is 2.53. The van der Waals surface area contributed by atoms with Crippen LogP contribution < -0.4 is 10.5 Å². The van der Waals surface area contributed by atoms with Gasteiger partial charge in [0, 0.05) is 36.2 Å². The molecule has 4 heterocycles. The first-order chi connectivity index (χ1) is 20.9. The molecule has 0 bridgehead atoms. The molecule has 4 unspecified atom stereocenters. The maximum absolute atomic E-state index is 15.2. The number of epoxide rings is 1. The minimum atomic E-state index is -4.14. The van der Waals surface area contributed by atoms with Crippen molar-refractivity contribution in [3.05, 3.63) is 47.9 Å². The number of hydrogen-bond acceptors (Lipinski definition) is 7. The number of benzene rings is 1. The van der Waals surface area contributed by atoms with Crippen LogP contribution in [0.15, 0.2) is 24.4 Å². The lowest BCUT2D eigenvalue weighted by molar-refractivity contribution is -0.256. The summed E-state index contributed by atoms with van der Waals surface area (Å²) in [7, 11) is 0. The minimum Gasteiger partial charge on any atom is -0.484 e. The van der Waals surface area contributed by atoms with Crippen molar-refractivity contribution in [1.29, 1.82) is 0 Å². The van der Waals surface area contributed by atoms with Gasteiger partial charge in [-0.15, -0.1) is 0 Å². The van der Waals surface area contributed by atoms with Gasteiger partial charge in [-0.05, 0) is 76.2 Å². The summed E-state index contributed by atoms with van der Waals surface area (Å²) in [6.07, 6.45) is -1.16. The van der Waals surface area contributed by atoms with Crippen LogP contribution in [0.1, 0.15) is 63.5 Å². The fraction of sp³-hybridized carbons (Fsp3) is 0.625. The highest BCUT2D eigenvalue weighted by Gasteiger charge is 2.59. The summed E-state index contributed by atoms with van der Waals surface area (Å²) in [5.74, 6) is -0.303. The first-order valence-electron chi connectivity index (χ1n) is 15.3. The zero-order valence-corrected chi connectivity index (χ0v) is 24.7. The summed E-state index contributed by atoms with van der Waals surface area (Å²) < 4.78 is 67.5. The number of ether oxygens (including phenoxy) is 2. The van der Waals surface area contributed by atoms with Crippen LogP contribution in [-0.4, -0.2) is 82.6 Å². The number of rotatable bonds is 10. The molecule has 3 aliphatic heterocycles. The van der Waals surface area contributed by atoms with Crippen molar-refractivity contribution in [1.82, 2.24) is 14.8 Å². The Hall–Kier alpha value is -2.98. The number of amides is 1. The van der Waals surface area contributed by atoms with E-state index in [4.69, 9.17) is 15.2 Å². The maximum atomic E-state index is 15.2. The molecule has 4 aliphatic rings. The van der Waals surface area contributed by atoms with Gasteiger partial charge in [0.2, 0.25) is 5.91 Å². The molecule has 0 spiro atoms. The van der Waals surface area contributed by atoms with Crippen LogP contribution in [0.4, 0.5) is 17.6 Å². The number of aliphatic hydroxyl groups is 1. The molecule has 2 aromatic rings. The summed E-state index contributed by atoms with van der Waals surface area (Å²) in [4.78, 5) is 19.8. The third-order valence-electron chi connectivity index (χ3n) is 9.92. The van der Waals surface area contributed by atoms with Gasteiger partial charge in [0.15, 0.2) is 5.75 Å². The van der Waals surface area contributed by atoms with Crippen molar-refractivity contribution in [2.24, 2.45) is 17.1 Å². The molecule has 0 radical (unpaired) electrons. The molecule has 4 fully saturated rings. The number of nitrogens with zero attached hydrogens (tertiary/aromatic N) is 3. The van der Waals surface area contributed by atoms with Gasteiger partial charge in [-0.1, -0.05) is 18.6 Å². The zero-order chi connectivity index (χ0) is 31.3. The second-order valence-electron chi connectivity index (χ2n) is 13.2. The molecular formula is C32H38F4N4O4. The molecule has 12 heteroatoms. The van der Waals surface area contributed by atoms with Gasteiger partial charge in [0.05, 0.1) is 24.3 Å². The highest BCUT2D eigenvalue weighted by atomic mass is 19.4. The molecule has 1 aromatic heterocycles. The monoisotopic (exact) mass is 618 g/mol. The third kappa shape index (κ3) is 6.25. The molecule has 3 N–H and O–H groups in total. The fourth-order valence-corrected chi connectivity index (χ4v) is 7.18. The number of halogens is 4. The van der Waals surface area contributed by atoms with E-state index in [1.165, 1.54) is 12.3 Å². The second-order valence-corrected chi connectivity index (χ2v) is 13.2. The van der Waals surface area contributed by atoms with E-state index >= 15 is 4.39 Å². The molecule has 1 amide bonds. The van der Waals surface area contributed by atoms with Crippen LogP contribution in [0.5, 0.6) is 5.75 Å². The number of carbonyl (C=O) groups excluding carboxylic acids is 1. The van der Waals surface area contributed by atoms with Gasteiger partial charge in [-0.25, -0.2) is 9.37 Å². The number of β-amino-alcohol motifs (C(OH)–C–C–N with tert-alkyl or cyclic N) is 1. The number of aromatic nitrogens is 1. The lowest BCUT2D eigenvalue weighted by atomic mass is 9.67. The Morgan fingerprint density at radius 1 is 1.25 bits per heavy atom. The Kier molecular flexibility index (Phi) is 8.28. The topological polar surface area (TPSA) is 104 Å². The van der Waals surface area contributed by atoms with E-state index in [1.54, 1.807) is 12.1 Å². The summed E-state index contributed by atoms with van der Waals surface area (Å²) in [5, 5.41) is 10.2. The Morgan fingerprint density at radius 2 is 2.00 bits per heavy atom. The average molecular weight is 619 g/mol. The summed E-state index contributed by atoms with van der Waals surface area (Å²) >= 11 is 0. The number of hydrogen-bond donors (Lipinski definition) is 2. The standard InChI is InChI=1S/C32H38F4N4O4/c1-30(15-27(37)42)14-22(41)17-40(30)29-28(44-29)24-5-3-21(13-25(24)33)26-6-4-23(16-38-26)43-18-20-7-11-39(12-8-20)19-31(9-2-10-31)32(34,35)36/h3,5,13,16,20,22,28-29,41H,2,7-12,14-15,17-19H2,1H3,(H2,37,42). The van der Waals surface area contributed by atoms with Crippen LogP contribution in [0.2, 0.25) is 0 Å². The molecule has 3 saturated heterocycles. The maximum Gasteiger partial charge on any atom is 0.395 e. The number of carbonyl (C=O) groups is 1. The Bertz CT molecular complexity index is 1350. The summed E-state index contributed by atoms with van der Waals surface area (Å²) in [6.45, 7) is 3.93. The van der Waals surface area contributed by atoms with Crippen LogP contribution in [0, 0.1) is 29.3 Å². The van der Waals surface area contributed by atoms with Crippen molar-refractivity contribution in [2.75, 3.05) is 32.8 Å². The highest BCUT2D eigenvalue weighted by molar-refractivity contribution is 5.75. The molecule has 8 nitrogen and oxygen atoms in total. The molecular weight excluding hydrogens is 580 g/mol. The van der Waals surface area contributed by atoms with Gasteiger partial charge in [0.25, 0.3) is 0 Å². The molecule has 238 valence electrons. The van der Waals surface area contributed by atoms with E-state index in [-0.39, 0.29) is 31.7 Å². The lowest BCUT2D eigenvalue weighted by Gasteiger charge is -2.47. The normalized spacial score (nSPS) is 29.2. The predicted molar refractivity (Wildman–Crippen MR) is 151 cm³/mol. The van der Waals surface area contributed by atoms with Crippen LogP contribution in [0.3, 0.4) is 0 Å². The van der Waals surface area contributed by atoms with E-state index in [1.807, 2.05) is 16.7 Å². The lowest BCUT2D eigenvalue weighted by Crippen LogP contribution is -2.53. The first kappa shape index (κ1) is 31.0. The van der Waals surface area contributed by atoms with Gasteiger partial charge >= 0.3 is 6.18 Å². The molecule has 1 aliphatic carbocycles. The first-order valence-corrected chi connectivity index (χ1v) is 15.3. The Balaban J connectivity index is 0.996. The third-order valence-corrected chi connectivity index (χ3v) is 9.92. The molecule has 44 heavy (non-hydrogen) atoms. The van der Waals surface area contributed by atoms with Gasteiger partial charge in [-0.2, -0.15) is 13.2 Å². The number of primary amides is 1. The van der Waals surface area contributed by atoms with Crippen molar-refractivity contribution in [3.63, 3.8) is 0 Å². The molecule has 1 saturated carbocycles. The number of alkyl halides is 3. The van der Waals surface area contributed by atoms with E-state index < -0.39 is 47.3 Å². The van der Waals surface area contributed by atoms with Crippen LogP contribution in [-0.2, 0) is 9.53 Å². The zero-order valence-electron chi connectivity index (χ0n) is 24.7. The van der Waals surface area contributed by atoms with Crippen LogP contribution >= 0.6 is 0 Å². The van der Waals surface area contributed by atoms with Gasteiger partial charge < -0.3 is 25.2 Å². The molecule has 4 atom stereocenters. The minimum absolute atomic E-state index is 0.0704. The number of likely N-dealkylation sites (tertiary alicyclic amines) is 2. The number of nitrogens with two attached hydrogens (primary N) is 1. The SMILES string of the molecule is CC1(CC(N)=O)CC(O)CN1C1OC1c1ccc(-c2c#cc(OCC3CCN(CC4(C(F)(F)F)CCC4)CC3)cn2)cc1F. The van der Waals surface area contributed by atoms with E-state index in [0.717, 1.165) is 12.8 Å². The van der Waals surface area contributed by atoms with Crippen molar-refractivity contribution < 1.29 is 36.9 Å². The smallest absolute Gasteiger partial charge is 0.395 e. The number of piperidine rings is 1. The van der Waals surface area contributed by atoms with Gasteiger partial charge in [0.1, 0.15) is 23.8 Å². The summed E-state index contributed by atoms with van der Waals surface area (Å²) in [5.41, 5.74) is 4.52. The predicted octanol–water partition coefficient (Wildman–Crippen LogP) is 4.41. The van der Waals surface area contributed by atoms with E-state index in [0.29, 0.717) is 61.7 Å². The average Bonchev–Trinajstić information content (AvgIpc) is 3.66. The Labute approximate surface area is 254 Å². The second kappa shape index (κ2) is 11.7. The fourth-order valence-electron chi connectivity index (χ4n) is 7.18. The number of aliphatic hydroxyl groups excluding tert-OH is 1. The van der Waals surface area contributed by atoms with E-state index in [9.17, 15) is 23.1 Å². The van der Waals surface area contributed by atoms with Crippen molar-refractivity contribution in [2.45, 2.75) is 82.0 Å². The molecule has 1 aromatic carbocycles. The largest absolute Gasteiger partial charge is 0.484 e. The summed E-state index contributed by atoms with van der Waals surface area (Å²) in [6, 6.07) is 10.6. The van der Waals surface area contributed by atoms with Gasteiger partial charge in [-0.3, -0.25) is 9.69 Å². The van der Waals surface area contributed by atoms with Crippen molar-refractivity contribution >= 4 is 5.91 Å². The van der Waals surface area contributed by atoms with Crippen LogP contribution in [0.25, 0.3) is 11.3 Å². The Morgan fingerprint density at radius 3 is 2.59 bits per heavy atom. The van der Waals surface area contributed by atoms with Crippen molar-refractivity contribution in [3.8, 4) is 17.0 Å². The quantitative estimate of drug-likeness (QED) is 0.300. The molecule has 6 rings (SSSR count).